The lowest BCUT2D eigenvalue weighted by Crippen LogP contribution is -2.44. The number of hydrogen-bond acceptors (Lipinski definition) is 2. The molecule has 1 N–H and O–H groups in total. The lowest BCUT2D eigenvalue weighted by Gasteiger charge is -2.36. The normalized spacial score (nSPS) is 30.6. The van der Waals surface area contributed by atoms with E-state index in [1.165, 1.54) is 19.3 Å². The smallest absolute Gasteiger partial charge is 0.308 e. The van der Waals surface area contributed by atoms with Crippen LogP contribution in [0.15, 0.2) is 0 Å². The molecule has 0 aromatic carbocycles. The van der Waals surface area contributed by atoms with E-state index >= 15 is 0 Å². The maximum atomic E-state index is 11.2. The zero-order chi connectivity index (χ0) is 11.5. The van der Waals surface area contributed by atoms with Crippen LogP contribution in [0.2, 0.25) is 0 Å². The average molecular weight is 225 g/mol. The fourth-order valence-corrected chi connectivity index (χ4v) is 3.17. The Balaban J connectivity index is 1.93. The third kappa shape index (κ3) is 2.40. The Bertz CT molecular complexity index is 250. The zero-order valence-corrected chi connectivity index (χ0v) is 10.2. The van der Waals surface area contributed by atoms with Crippen LogP contribution < -0.4 is 0 Å². The van der Waals surface area contributed by atoms with Crippen molar-refractivity contribution in [3.05, 3.63) is 0 Å². The van der Waals surface area contributed by atoms with Crippen LogP contribution in [-0.2, 0) is 4.79 Å². The molecule has 0 heterocycles. The second-order valence-corrected chi connectivity index (χ2v) is 5.33. The molecule has 0 aliphatic heterocycles. The minimum atomic E-state index is -0.588. The first-order valence-electron chi connectivity index (χ1n) is 6.69. The summed E-state index contributed by atoms with van der Waals surface area (Å²) in [5.74, 6) is 0.143. The highest BCUT2D eigenvalue weighted by Crippen LogP contribution is 2.33. The first kappa shape index (κ1) is 11.9. The minimum absolute atomic E-state index is 0.111. The van der Waals surface area contributed by atoms with Crippen LogP contribution in [0.3, 0.4) is 0 Å². The van der Waals surface area contributed by atoms with Crippen LogP contribution in [0, 0.1) is 11.8 Å². The van der Waals surface area contributed by atoms with Crippen LogP contribution in [0.25, 0.3) is 0 Å². The third-order valence-corrected chi connectivity index (χ3v) is 4.39. The average Bonchev–Trinajstić information content (AvgIpc) is 2.65. The lowest BCUT2D eigenvalue weighted by molar-refractivity contribution is -0.143. The van der Waals surface area contributed by atoms with Gasteiger partial charge in [0.2, 0.25) is 0 Å². The second-order valence-electron chi connectivity index (χ2n) is 5.33. The molecule has 92 valence electrons. The standard InChI is InChI=1S/C13H23NO2/c1-2-14(9-10-5-3-6-10)12-8-4-7-11(12)13(15)16/h10-12H,2-9H2,1H3,(H,15,16). The van der Waals surface area contributed by atoms with Crippen molar-refractivity contribution in [1.82, 2.24) is 4.90 Å². The van der Waals surface area contributed by atoms with E-state index in [0.29, 0.717) is 6.04 Å². The van der Waals surface area contributed by atoms with Gasteiger partial charge in [-0.25, -0.2) is 0 Å². The Hall–Kier alpha value is -0.570. The van der Waals surface area contributed by atoms with Gasteiger partial charge in [0.25, 0.3) is 0 Å². The van der Waals surface area contributed by atoms with Crippen LogP contribution in [-0.4, -0.2) is 35.1 Å². The van der Waals surface area contributed by atoms with Crippen LogP contribution in [0.4, 0.5) is 0 Å². The molecular weight excluding hydrogens is 202 g/mol. The Morgan fingerprint density at radius 3 is 2.44 bits per heavy atom. The summed E-state index contributed by atoms with van der Waals surface area (Å²) in [5, 5.41) is 9.21. The maximum Gasteiger partial charge on any atom is 0.308 e. The van der Waals surface area contributed by atoms with Gasteiger partial charge in [0.05, 0.1) is 5.92 Å². The molecule has 0 aromatic heterocycles. The van der Waals surface area contributed by atoms with Crippen molar-refractivity contribution in [1.29, 1.82) is 0 Å². The largest absolute Gasteiger partial charge is 0.481 e. The molecule has 3 heteroatoms. The van der Waals surface area contributed by atoms with Gasteiger partial charge >= 0.3 is 5.97 Å². The van der Waals surface area contributed by atoms with E-state index in [2.05, 4.69) is 11.8 Å². The molecule has 2 aliphatic rings. The molecule has 0 bridgehead atoms. The van der Waals surface area contributed by atoms with Crippen LogP contribution in [0.5, 0.6) is 0 Å². The molecule has 0 saturated heterocycles. The summed E-state index contributed by atoms with van der Waals surface area (Å²) in [6.45, 7) is 4.30. The van der Waals surface area contributed by atoms with Crippen molar-refractivity contribution < 1.29 is 9.90 Å². The lowest BCUT2D eigenvalue weighted by atomic mass is 9.84. The van der Waals surface area contributed by atoms with Crippen molar-refractivity contribution in [2.24, 2.45) is 11.8 Å². The molecule has 2 unspecified atom stereocenters. The summed E-state index contributed by atoms with van der Waals surface area (Å²) < 4.78 is 0. The van der Waals surface area contributed by atoms with Gasteiger partial charge in [0.1, 0.15) is 0 Å². The van der Waals surface area contributed by atoms with Gasteiger partial charge in [-0.05, 0) is 38.1 Å². The molecule has 3 nitrogen and oxygen atoms in total. The SMILES string of the molecule is CCN(CC1CCC1)C1CCCC1C(=O)O. The van der Waals surface area contributed by atoms with Crippen molar-refractivity contribution in [2.45, 2.75) is 51.5 Å². The van der Waals surface area contributed by atoms with E-state index in [0.717, 1.165) is 38.3 Å². The third-order valence-electron chi connectivity index (χ3n) is 4.39. The zero-order valence-electron chi connectivity index (χ0n) is 10.2. The first-order chi connectivity index (χ1) is 7.72. The summed E-state index contributed by atoms with van der Waals surface area (Å²) in [6.07, 6.45) is 7.11. The molecule has 0 aromatic rings. The highest BCUT2D eigenvalue weighted by atomic mass is 16.4. The van der Waals surface area contributed by atoms with Crippen molar-refractivity contribution in [3.63, 3.8) is 0 Å². The highest BCUT2D eigenvalue weighted by Gasteiger charge is 2.37. The number of rotatable bonds is 5. The fourth-order valence-electron chi connectivity index (χ4n) is 3.17. The van der Waals surface area contributed by atoms with E-state index in [-0.39, 0.29) is 5.92 Å². The number of hydrogen-bond donors (Lipinski definition) is 1. The monoisotopic (exact) mass is 225 g/mol. The maximum absolute atomic E-state index is 11.2. The molecule has 2 atom stereocenters. The van der Waals surface area contributed by atoms with Crippen molar-refractivity contribution in [3.8, 4) is 0 Å². The van der Waals surface area contributed by atoms with E-state index in [9.17, 15) is 9.90 Å². The number of carbonyl (C=O) groups is 1. The summed E-state index contributed by atoms with van der Waals surface area (Å²) in [5.41, 5.74) is 0. The number of aliphatic carboxylic acids is 1. The summed E-state index contributed by atoms with van der Waals surface area (Å²) in [6, 6.07) is 0.308. The molecule has 2 rings (SSSR count). The van der Waals surface area contributed by atoms with Gasteiger partial charge in [0.15, 0.2) is 0 Å². The predicted octanol–water partition coefficient (Wildman–Crippen LogP) is 2.36. The van der Waals surface area contributed by atoms with Gasteiger partial charge in [0, 0.05) is 12.6 Å². The van der Waals surface area contributed by atoms with Crippen LogP contribution >= 0.6 is 0 Å². The van der Waals surface area contributed by atoms with E-state index < -0.39 is 5.97 Å². The molecule has 2 saturated carbocycles. The molecular formula is C13H23NO2. The van der Waals surface area contributed by atoms with Gasteiger partial charge in [-0.15, -0.1) is 0 Å². The van der Waals surface area contributed by atoms with Crippen molar-refractivity contribution >= 4 is 5.97 Å². The first-order valence-corrected chi connectivity index (χ1v) is 6.69. The summed E-state index contributed by atoms with van der Waals surface area (Å²) in [4.78, 5) is 13.6. The Morgan fingerprint density at radius 2 is 1.94 bits per heavy atom. The number of carboxylic acid groups (broad SMARTS) is 1. The summed E-state index contributed by atoms with van der Waals surface area (Å²) in [7, 11) is 0. The van der Waals surface area contributed by atoms with Crippen LogP contribution in [0.1, 0.15) is 45.4 Å². The van der Waals surface area contributed by atoms with E-state index in [4.69, 9.17) is 0 Å². The second kappa shape index (κ2) is 5.17. The van der Waals surface area contributed by atoms with E-state index in [1.54, 1.807) is 0 Å². The van der Waals surface area contributed by atoms with Gasteiger partial charge < -0.3 is 5.11 Å². The fraction of sp³-hybridized carbons (Fsp3) is 0.923. The number of carboxylic acids is 1. The Labute approximate surface area is 97.8 Å². The quantitative estimate of drug-likeness (QED) is 0.781. The van der Waals surface area contributed by atoms with Gasteiger partial charge in [-0.3, -0.25) is 9.69 Å². The predicted molar refractivity (Wildman–Crippen MR) is 63.4 cm³/mol. The molecule has 16 heavy (non-hydrogen) atoms. The van der Waals surface area contributed by atoms with Gasteiger partial charge in [-0.1, -0.05) is 19.8 Å². The van der Waals surface area contributed by atoms with Gasteiger partial charge in [-0.2, -0.15) is 0 Å². The molecule has 0 radical (unpaired) electrons. The summed E-state index contributed by atoms with van der Waals surface area (Å²) >= 11 is 0. The Morgan fingerprint density at radius 1 is 1.25 bits per heavy atom. The molecule has 0 amide bonds. The number of nitrogens with zero attached hydrogens (tertiary/aromatic N) is 1. The Kier molecular flexibility index (Phi) is 3.85. The molecule has 0 spiro atoms. The van der Waals surface area contributed by atoms with E-state index in [1.807, 2.05) is 0 Å². The molecule has 2 fully saturated rings. The minimum Gasteiger partial charge on any atom is -0.481 e. The highest BCUT2D eigenvalue weighted by molar-refractivity contribution is 5.71. The topological polar surface area (TPSA) is 40.5 Å². The molecule has 2 aliphatic carbocycles. The van der Waals surface area contributed by atoms with Crippen molar-refractivity contribution in [2.75, 3.05) is 13.1 Å².